The number of nitrogens with one attached hydrogen (secondary N) is 1. The molecule has 1 aromatic heterocycles. The van der Waals surface area contributed by atoms with Gasteiger partial charge in [0.05, 0.1) is 11.9 Å². The fourth-order valence-electron chi connectivity index (χ4n) is 1.87. The van der Waals surface area contributed by atoms with E-state index in [9.17, 15) is 0 Å². The zero-order chi connectivity index (χ0) is 13.8. The summed E-state index contributed by atoms with van der Waals surface area (Å²) in [5.74, 6) is 0.644. The van der Waals surface area contributed by atoms with Crippen molar-refractivity contribution >= 4 is 11.6 Å². The van der Waals surface area contributed by atoms with Gasteiger partial charge in [0.2, 0.25) is 0 Å². The molecule has 0 fully saturated rings. The largest absolute Gasteiger partial charge is 0.312 e. The van der Waals surface area contributed by atoms with Crippen molar-refractivity contribution in [2.75, 3.05) is 6.54 Å². The van der Waals surface area contributed by atoms with Gasteiger partial charge in [-0.15, -0.1) is 0 Å². The second-order valence-electron chi connectivity index (χ2n) is 5.26. The number of hydrogen-bond donors (Lipinski definition) is 1. The molecular weight excluding hydrogens is 258 g/mol. The Bertz CT molecular complexity index is 546. The minimum atomic E-state index is 0.644. The van der Waals surface area contributed by atoms with Crippen LogP contribution in [0.5, 0.6) is 0 Å². The molecule has 4 heteroatoms. The first-order valence-corrected chi connectivity index (χ1v) is 6.95. The molecule has 0 aliphatic rings. The van der Waals surface area contributed by atoms with Gasteiger partial charge in [0.15, 0.2) is 0 Å². The molecule has 1 N–H and O–H groups in total. The van der Waals surface area contributed by atoms with Gasteiger partial charge in [0.1, 0.15) is 0 Å². The third-order valence-corrected chi connectivity index (χ3v) is 3.23. The number of benzene rings is 1. The second kappa shape index (κ2) is 6.22. The molecule has 0 radical (unpaired) electrons. The molecule has 1 heterocycles. The Hall–Kier alpha value is -1.32. The number of hydrogen-bond acceptors (Lipinski definition) is 2. The lowest BCUT2D eigenvalue weighted by Gasteiger charge is -2.10. The molecule has 0 amide bonds. The molecule has 0 aliphatic carbocycles. The van der Waals surface area contributed by atoms with Crippen LogP contribution < -0.4 is 5.32 Å². The van der Waals surface area contributed by atoms with Crippen LogP contribution in [0.1, 0.15) is 25.0 Å². The van der Waals surface area contributed by atoms with Gasteiger partial charge in [-0.3, -0.25) is 0 Å². The highest BCUT2D eigenvalue weighted by Crippen LogP contribution is 2.20. The van der Waals surface area contributed by atoms with E-state index in [1.165, 1.54) is 0 Å². The molecule has 0 aliphatic heterocycles. The summed E-state index contributed by atoms with van der Waals surface area (Å²) in [6.45, 7) is 8.21. The van der Waals surface area contributed by atoms with Crippen molar-refractivity contribution in [1.29, 1.82) is 0 Å². The predicted octanol–water partition coefficient (Wildman–Crippen LogP) is 3.58. The van der Waals surface area contributed by atoms with Gasteiger partial charge >= 0.3 is 0 Å². The normalized spacial score (nSPS) is 11.2. The maximum atomic E-state index is 6.32. The lowest BCUT2D eigenvalue weighted by Crippen LogP contribution is -2.19. The van der Waals surface area contributed by atoms with E-state index in [4.69, 9.17) is 11.6 Å². The average Bonchev–Trinajstić information content (AvgIpc) is 2.77. The van der Waals surface area contributed by atoms with Crippen molar-refractivity contribution in [3.8, 4) is 5.69 Å². The van der Waals surface area contributed by atoms with Crippen LogP contribution in [0, 0.1) is 12.8 Å². The number of nitrogens with zero attached hydrogens (tertiary/aromatic N) is 2. The summed E-state index contributed by atoms with van der Waals surface area (Å²) in [6.07, 6.45) is 3.83. The Morgan fingerprint density at radius 2 is 2.16 bits per heavy atom. The van der Waals surface area contributed by atoms with E-state index in [1.807, 2.05) is 36.1 Å². The first-order chi connectivity index (χ1) is 9.06. The summed E-state index contributed by atoms with van der Waals surface area (Å²) in [5.41, 5.74) is 3.25. The Kier molecular flexibility index (Phi) is 4.61. The lowest BCUT2D eigenvalue weighted by atomic mass is 10.2. The molecule has 102 valence electrons. The highest BCUT2D eigenvalue weighted by molar-refractivity contribution is 6.31. The third kappa shape index (κ3) is 3.82. The van der Waals surface area contributed by atoms with Crippen LogP contribution in [0.4, 0.5) is 0 Å². The van der Waals surface area contributed by atoms with Crippen LogP contribution in [0.3, 0.4) is 0 Å². The maximum absolute atomic E-state index is 6.32. The minimum Gasteiger partial charge on any atom is -0.312 e. The van der Waals surface area contributed by atoms with E-state index in [0.717, 1.165) is 34.9 Å². The van der Waals surface area contributed by atoms with Crippen LogP contribution >= 0.6 is 11.6 Å². The van der Waals surface area contributed by atoms with Crippen LogP contribution in [-0.4, -0.2) is 16.3 Å². The molecule has 0 saturated carbocycles. The summed E-state index contributed by atoms with van der Waals surface area (Å²) in [5, 5.41) is 8.46. The molecule has 19 heavy (non-hydrogen) atoms. The molecule has 0 saturated heterocycles. The van der Waals surface area contributed by atoms with Crippen LogP contribution in [0.15, 0.2) is 30.6 Å². The zero-order valence-corrected chi connectivity index (χ0v) is 12.4. The van der Waals surface area contributed by atoms with Gasteiger partial charge in [-0.2, -0.15) is 5.10 Å². The van der Waals surface area contributed by atoms with Gasteiger partial charge in [0, 0.05) is 17.8 Å². The van der Waals surface area contributed by atoms with Gasteiger partial charge in [-0.25, -0.2) is 4.68 Å². The van der Waals surface area contributed by atoms with E-state index in [-0.39, 0.29) is 0 Å². The number of halogens is 1. The Labute approximate surface area is 119 Å². The lowest BCUT2D eigenvalue weighted by molar-refractivity contribution is 0.552. The zero-order valence-electron chi connectivity index (χ0n) is 11.7. The molecule has 0 bridgehead atoms. The van der Waals surface area contributed by atoms with Crippen LogP contribution in [0.25, 0.3) is 5.69 Å². The molecule has 2 rings (SSSR count). The van der Waals surface area contributed by atoms with Crippen molar-refractivity contribution in [2.45, 2.75) is 27.3 Å². The summed E-state index contributed by atoms with van der Waals surface area (Å²) < 4.78 is 1.84. The molecule has 0 spiro atoms. The molecule has 2 aromatic rings. The van der Waals surface area contributed by atoms with Gasteiger partial charge in [-0.05, 0) is 42.6 Å². The SMILES string of the molecule is Cc1cnn(-c2ccc(CNCC(C)C)c(Cl)c2)c1. The predicted molar refractivity (Wildman–Crippen MR) is 79.9 cm³/mol. The number of aryl methyl sites for hydroxylation is 1. The summed E-state index contributed by atoms with van der Waals surface area (Å²) >= 11 is 6.32. The van der Waals surface area contributed by atoms with E-state index in [1.54, 1.807) is 0 Å². The quantitative estimate of drug-likeness (QED) is 0.905. The highest BCUT2D eigenvalue weighted by atomic mass is 35.5. The smallest absolute Gasteiger partial charge is 0.0660 e. The van der Waals surface area contributed by atoms with Crippen molar-refractivity contribution < 1.29 is 0 Å². The fraction of sp³-hybridized carbons (Fsp3) is 0.400. The summed E-state index contributed by atoms with van der Waals surface area (Å²) in [7, 11) is 0. The first-order valence-electron chi connectivity index (χ1n) is 6.57. The molecule has 0 atom stereocenters. The number of aromatic nitrogens is 2. The topological polar surface area (TPSA) is 29.9 Å². The Morgan fingerprint density at radius 3 is 2.74 bits per heavy atom. The second-order valence-corrected chi connectivity index (χ2v) is 5.67. The Morgan fingerprint density at radius 1 is 1.37 bits per heavy atom. The molecule has 3 nitrogen and oxygen atoms in total. The summed E-state index contributed by atoms with van der Waals surface area (Å²) in [4.78, 5) is 0. The van der Waals surface area contributed by atoms with Crippen molar-refractivity contribution in [2.24, 2.45) is 5.92 Å². The van der Waals surface area contributed by atoms with E-state index >= 15 is 0 Å². The van der Waals surface area contributed by atoms with Crippen LogP contribution in [-0.2, 0) is 6.54 Å². The van der Waals surface area contributed by atoms with Gasteiger partial charge in [-0.1, -0.05) is 31.5 Å². The van der Waals surface area contributed by atoms with E-state index in [2.05, 4.69) is 30.3 Å². The van der Waals surface area contributed by atoms with Crippen LogP contribution in [0.2, 0.25) is 5.02 Å². The van der Waals surface area contributed by atoms with Crippen molar-refractivity contribution in [3.05, 3.63) is 46.7 Å². The standard InChI is InChI=1S/C15H20ClN3/c1-11(2)7-17-9-13-4-5-14(6-15(13)16)19-10-12(3)8-18-19/h4-6,8,10-11,17H,7,9H2,1-3H3. The average molecular weight is 278 g/mol. The third-order valence-electron chi connectivity index (χ3n) is 2.88. The van der Waals surface area contributed by atoms with Crippen molar-refractivity contribution in [3.63, 3.8) is 0 Å². The first kappa shape index (κ1) is 14.1. The maximum Gasteiger partial charge on any atom is 0.0660 e. The minimum absolute atomic E-state index is 0.644. The summed E-state index contributed by atoms with van der Waals surface area (Å²) in [6, 6.07) is 6.06. The fourth-order valence-corrected chi connectivity index (χ4v) is 2.11. The molecular formula is C15H20ClN3. The molecule has 1 aromatic carbocycles. The monoisotopic (exact) mass is 277 g/mol. The molecule has 0 unspecified atom stereocenters. The van der Waals surface area contributed by atoms with Gasteiger partial charge < -0.3 is 5.32 Å². The number of rotatable bonds is 5. The van der Waals surface area contributed by atoms with E-state index in [0.29, 0.717) is 5.92 Å². The Balaban J connectivity index is 2.09. The van der Waals surface area contributed by atoms with Crippen molar-refractivity contribution in [1.82, 2.24) is 15.1 Å². The highest BCUT2D eigenvalue weighted by Gasteiger charge is 2.04. The van der Waals surface area contributed by atoms with E-state index < -0.39 is 0 Å². The van der Waals surface area contributed by atoms with Gasteiger partial charge in [0.25, 0.3) is 0 Å².